The first-order valence-corrected chi connectivity index (χ1v) is 5.59. The zero-order valence-electron chi connectivity index (χ0n) is 9.85. The molecule has 0 aliphatic carbocycles. The number of carbonyl (C=O) groups excluding carboxylic acids is 1. The van der Waals surface area contributed by atoms with E-state index in [1.807, 2.05) is 30.0 Å². The van der Waals surface area contributed by atoms with Crippen molar-refractivity contribution in [3.05, 3.63) is 23.8 Å². The Labute approximate surface area is 100 Å². The smallest absolute Gasteiger partial charge is 0.242 e. The topological polar surface area (TPSA) is 81.6 Å². The Morgan fingerprint density at radius 1 is 1.53 bits per heavy atom. The zero-order chi connectivity index (χ0) is 12.4. The molecule has 1 aromatic carbocycles. The van der Waals surface area contributed by atoms with Crippen LogP contribution in [-0.2, 0) is 9.53 Å². The minimum atomic E-state index is -0.397. The van der Waals surface area contributed by atoms with Gasteiger partial charge in [-0.15, -0.1) is 0 Å². The number of amides is 1. The second-order valence-electron chi connectivity index (χ2n) is 4.23. The van der Waals surface area contributed by atoms with Gasteiger partial charge in [0.2, 0.25) is 5.91 Å². The largest absolute Gasteiger partial charge is 0.399 e. The Morgan fingerprint density at radius 2 is 2.29 bits per heavy atom. The van der Waals surface area contributed by atoms with Gasteiger partial charge in [-0.05, 0) is 30.7 Å². The zero-order valence-corrected chi connectivity index (χ0v) is 9.85. The van der Waals surface area contributed by atoms with Crippen LogP contribution in [0.25, 0.3) is 0 Å². The molecule has 5 nitrogen and oxygen atoms in total. The van der Waals surface area contributed by atoms with Crippen molar-refractivity contribution in [3.63, 3.8) is 0 Å². The molecule has 5 heteroatoms. The number of primary amides is 1. The van der Waals surface area contributed by atoms with E-state index in [-0.39, 0.29) is 5.91 Å². The predicted molar refractivity (Wildman–Crippen MR) is 66.7 cm³/mol. The van der Waals surface area contributed by atoms with Crippen LogP contribution >= 0.6 is 0 Å². The quantitative estimate of drug-likeness (QED) is 0.721. The second-order valence-corrected chi connectivity index (χ2v) is 4.23. The molecular weight excluding hydrogens is 218 g/mol. The fourth-order valence-corrected chi connectivity index (χ4v) is 1.99. The van der Waals surface area contributed by atoms with Crippen molar-refractivity contribution in [1.82, 2.24) is 0 Å². The summed E-state index contributed by atoms with van der Waals surface area (Å²) in [7, 11) is 0. The van der Waals surface area contributed by atoms with Gasteiger partial charge in [0, 0.05) is 17.9 Å². The lowest BCUT2D eigenvalue weighted by molar-refractivity contribution is -0.121. The van der Waals surface area contributed by atoms with E-state index < -0.39 is 6.04 Å². The molecule has 1 heterocycles. The van der Waals surface area contributed by atoms with E-state index in [2.05, 4.69) is 0 Å². The number of nitrogens with two attached hydrogens (primary N) is 2. The molecule has 1 unspecified atom stereocenters. The van der Waals surface area contributed by atoms with Gasteiger partial charge >= 0.3 is 0 Å². The molecule has 1 aliphatic heterocycles. The van der Waals surface area contributed by atoms with Gasteiger partial charge in [-0.25, -0.2) is 0 Å². The summed E-state index contributed by atoms with van der Waals surface area (Å²) in [5.74, 6) is -0.362. The Kier molecular flexibility index (Phi) is 3.19. The summed E-state index contributed by atoms with van der Waals surface area (Å²) in [5.41, 5.74) is 13.9. The van der Waals surface area contributed by atoms with Crippen LogP contribution in [0.15, 0.2) is 18.2 Å². The number of benzene rings is 1. The van der Waals surface area contributed by atoms with Gasteiger partial charge < -0.3 is 21.1 Å². The Bertz CT molecular complexity index is 434. The first-order chi connectivity index (χ1) is 8.09. The molecule has 1 amide bonds. The second kappa shape index (κ2) is 4.63. The number of nitrogen functional groups attached to an aromatic ring is 1. The molecule has 1 fully saturated rings. The lowest BCUT2D eigenvalue weighted by atomic mass is 10.1. The summed E-state index contributed by atoms with van der Waals surface area (Å²) in [5, 5.41) is 0. The summed E-state index contributed by atoms with van der Waals surface area (Å²) in [6.45, 7) is 3.56. The molecule has 0 bridgehead atoms. The third kappa shape index (κ3) is 2.34. The van der Waals surface area contributed by atoms with E-state index in [0.717, 1.165) is 16.9 Å². The molecule has 17 heavy (non-hydrogen) atoms. The molecule has 0 aromatic heterocycles. The predicted octanol–water partition coefficient (Wildman–Crippen LogP) is 0.268. The number of nitrogens with zero attached hydrogens (tertiary/aromatic N) is 1. The number of rotatable bonds is 2. The molecule has 92 valence electrons. The van der Waals surface area contributed by atoms with Crippen LogP contribution in [-0.4, -0.2) is 31.7 Å². The Morgan fingerprint density at radius 3 is 2.94 bits per heavy atom. The van der Waals surface area contributed by atoms with Crippen molar-refractivity contribution in [2.75, 3.05) is 30.4 Å². The SMILES string of the molecule is Cc1cc(N2CCOCC2C(N)=O)ccc1N. The standard InChI is InChI=1S/C12H17N3O2/c1-8-6-9(2-3-10(8)13)15-4-5-17-7-11(15)12(14)16/h2-3,6,11H,4-5,7,13H2,1H3,(H2,14,16). The molecule has 0 saturated carbocycles. The summed E-state index contributed by atoms with van der Waals surface area (Å²) < 4.78 is 5.28. The fourth-order valence-electron chi connectivity index (χ4n) is 1.99. The number of hydrogen-bond donors (Lipinski definition) is 2. The van der Waals surface area contributed by atoms with Crippen LogP contribution < -0.4 is 16.4 Å². The Hall–Kier alpha value is -1.75. The molecule has 0 spiro atoms. The van der Waals surface area contributed by atoms with Gasteiger partial charge in [0.25, 0.3) is 0 Å². The number of hydrogen-bond acceptors (Lipinski definition) is 4. The minimum Gasteiger partial charge on any atom is -0.399 e. The van der Waals surface area contributed by atoms with E-state index in [9.17, 15) is 4.79 Å². The third-order valence-corrected chi connectivity index (χ3v) is 3.04. The van der Waals surface area contributed by atoms with Crippen molar-refractivity contribution in [3.8, 4) is 0 Å². The number of carbonyl (C=O) groups is 1. The molecule has 1 aliphatic rings. The lowest BCUT2D eigenvalue weighted by Crippen LogP contribution is -2.52. The number of anilines is 2. The molecule has 0 radical (unpaired) electrons. The summed E-state index contributed by atoms with van der Waals surface area (Å²) in [6, 6.07) is 5.32. The van der Waals surface area contributed by atoms with Crippen LogP contribution in [0, 0.1) is 6.92 Å². The van der Waals surface area contributed by atoms with Crippen LogP contribution in [0.5, 0.6) is 0 Å². The maximum Gasteiger partial charge on any atom is 0.242 e. The molecule has 1 atom stereocenters. The van der Waals surface area contributed by atoms with E-state index >= 15 is 0 Å². The van der Waals surface area contributed by atoms with Crippen molar-refractivity contribution in [2.24, 2.45) is 5.73 Å². The van der Waals surface area contributed by atoms with Crippen molar-refractivity contribution < 1.29 is 9.53 Å². The molecular formula is C12H17N3O2. The normalized spacial score (nSPS) is 20.3. The first-order valence-electron chi connectivity index (χ1n) is 5.59. The van der Waals surface area contributed by atoms with E-state index in [1.165, 1.54) is 0 Å². The van der Waals surface area contributed by atoms with Gasteiger partial charge in [0.05, 0.1) is 13.2 Å². The lowest BCUT2D eigenvalue weighted by Gasteiger charge is -2.35. The van der Waals surface area contributed by atoms with E-state index in [1.54, 1.807) is 0 Å². The highest BCUT2D eigenvalue weighted by Crippen LogP contribution is 2.23. The highest BCUT2D eigenvalue weighted by Gasteiger charge is 2.27. The van der Waals surface area contributed by atoms with Gasteiger partial charge in [-0.1, -0.05) is 0 Å². The van der Waals surface area contributed by atoms with Crippen LogP contribution in [0.1, 0.15) is 5.56 Å². The minimum absolute atomic E-state index is 0.346. The molecule has 2 rings (SSSR count). The summed E-state index contributed by atoms with van der Waals surface area (Å²) in [4.78, 5) is 13.3. The highest BCUT2D eigenvalue weighted by atomic mass is 16.5. The van der Waals surface area contributed by atoms with Crippen LogP contribution in [0.2, 0.25) is 0 Å². The first kappa shape index (κ1) is 11.7. The van der Waals surface area contributed by atoms with Crippen LogP contribution in [0.4, 0.5) is 11.4 Å². The van der Waals surface area contributed by atoms with Gasteiger partial charge in [0.1, 0.15) is 6.04 Å². The molecule has 4 N–H and O–H groups in total. The van der Waals surface area contributed by atoms with Crippen LogP contribution in [0.3, 0.4) is 0 Å². The maximum absolute atomic E-state index is 11.4. The average molecular weight is 235 g/mol. The monoisotopic (exact) mass is 235 g/mol. The molecule has 1 aromatic rings. The van der Waals surface area contributed by atoms with Crippen molar-refractivity contribution in [1.29, 1.82) is 0 Å². The average Bonchev–Trinajstić information content (AvgIpc) is 2.32. The van der Waals surface area contributed by atoms with Crippen molar-refractivity contribution >= 4 is 17.3 Å². The number of morpholine rings is 1. The van der Waals surface area contributed by atoms with Crippen molar-refractivity contribution in [2.45, 2.75) is 13.0 Å². The Balaban J connectivity index is 2.29. The van der Waals surface area contributed by atoms with Gasteiger partial charge in [0.15, 0.2) is 0 Å². The highest BCUT2D eigenvalue weighted by molar-refractivity contribution is 5.84. The van der Waals surface area contributed by atoms with Gasteiger partial charge in [-0.2, -0.15) is 0 Å². The number of aryl methyl sites for hydroxylation is 1. The van der Waals surface area contributed by atoms with E-state index in [0.29, 0.717) is 19.8 Å². The van der Waals surface area contributed by atoms with Gasteiger partial charge in [-0.3, -0.25) is 4.79 Å². The fraction of sp³-hybridized carbons (Fsp3) is 0.417. The summed E-state index contributed by atoms with van der Waals surface area (Å²) in [6.07, 6.45) is 0. The third-order valence-electron chi connectivity index (χ3n) is 3.04. The number of ether oxygens (including phenoxy) is 1. The van der Waals surface area contributed by atoms with E-state index in [4.69, 9.17) is 16.2 Å². The molecule has 1 saturated heterocycles. The maximum atomic E-state index is 11.4. The summed E-state index contributed by atoms with van der Waals surface area (Å²) >= 11 is 0.